The van der Waals surface area contributed by atoms with Gasteiger partial charge in [-0.1, -0.05) is 12.5 Å². The Morgan fingerprint density at radius 3 is 2.28 bits per heavy atom. The van der Waals surface area contributed by atoms with Crippen LogP contribution in [0.2, 0.25) is 0 Å². The number of hydrogen-bond donors (Lipinski definition) is 2. The summed E-state index contributed by atoms with van der Waals surface area (Å²) in [5.41, 5.74) is 2.37. The lowest BCUT2D eigenvalue weighted by Gasteiger charge is -2.25. The topological polar surface area (TPSA) is 94.9 Å². The van der Waals surface area contributed by atoms with Gasteiger partial charge >= 0.3 is 10.4 Å². The molecule has 0 saturated heterocycles. The summed E-state index contributed by atoms with van der Waals surface area (Å²) in [4.78, 5) is 13.9. The molecule has 106 valence electrons. The van der Waals surface area contributed by atoms with Gasteiger partial charge in [-0.2, -0.15) is 8.42 Å². The fourth-order valence-electron chi connectivity index (χ4n) is 1.85. The molecule has 0 unspecified atom stereocenters. The van der Waals surface area contributed by atoms with Crippen molar-refractivity contribution in [3.05, 3.63) is 11.1 Å². The fourth-order valence-corrected chi connectivity index (χ4v) is 1.85. The normalized spacial score (nSPS) is 17.2. The van der Waals surface area contributed by atoms with Gasteiger partial charge in [0.2, 0.25) is 0 Å². The Balaban J connectivity index is 0.000000494. The molecule has 18 heavy (non-hydrogen) atoms. The molecule has 0 aromatic heterocycles. The summed E-state index contributed by atoms with van der Waals surface area (Å²) in [5.74, 6) is 0.369. The Kier molecular flexibility index (Phi) is 7.30. The highest BCUT2D eigenvalue weighted by atomic mass is 32.3. The smallest absolute Gasteiger partial charge is 0.302 e. The molecule has 7 heteroatoms. The number of ketones is 1. The monoisotopic (exact) mass is 279 g/mol. The van der Waals surface area contributed by atoms with E-state index in [1.165, 1.54) is 5.57 Å². The van der Waals surface area contributed by atoms with Crippen LogP contribution in [0, 0.1) is 0 Å². The zero-order chi connectivity index (χ0) is 14.3. The lowest BCUT2D eigenvalue weighted by molar-refractivity contribution is -0.115. The quantitative estimate of drug-likeness (QED) is 0.757. The Morgan fingerprint density at radius 1 is 1.39 bits per heavy atom. The number of carbonyl (C=O) groups is 1. The van der Waals surface area contributed by atoms with E-state index in [9.17, 15) is 4.79 Å². The van der Waals surface area contributed by atoms with Gasteiger partial charge in [0, 0.05) is 19.5 Å². The second kappa shape index (κ2) is 7.63. The van der Waals surface area contributed by atoms with Gasteiger partial charge in [-0.3, -0.25) is 13.9 Å². The third-order valence-electron chi connectivity index (χ3n) is 2.58. The van der Waals surface area contributed by atoms with Crippen molar-refractivity contribution in [3.8, 4) is 0 Å². The summed E-state index contributed by atoms with van der Waals surface area (Å²) in [6.07, 6.45) is 2.63. The van der Waals surface area contributed by atoms with Gasteiger partial charge in [-0.15, -0.1) is 0 Å². The van der Waals surface area contributed by atoms with Crippen LogP contribution in [-0.4, -0.2) is 48.3 Å². The summed E-state index contributed by atoms with van der Waals surface area (Å²) in [5, 5.41) is 0. The number of rotatable bonds is 3. The van der Waals surface area contributed by atoms with Crippen molar-refractivity contribution in [2.45, 2.75) is 33.1 Å². The maximum atomic E-state index is 11.6. The second-order valence-corrected chi connectivity index (χ2v) is 5.26. The van der Waals surface area contributed by atoms with E-state index in [4.69, 9.17) is 17.5 Å². The van der Waals surface area contributed by atoms with Crippen LogP contribution in [0.1, 0.15) is 33.1 Å². The van der Waals surface area contributed by atoms with Gasteiger partial charge < -0.3 is 4.90 Å². The molecule has 0 aromatic rings. The standard InChI is InChI=1S/C11H19NO.H2O4S/c1-4-5-11(13)10-6-7-12(3)8-9(10)2;1-5(2,3)4/h4-8H2,1-3H3;(H2,1,2,3,4). The van der Waals surface area contributed by atoms with Gasteiger partial charge in [0.05, 0.1) is 0 Å². The number of nitrogens with zero attached hydrogens (tertiary/aromatic N) is 1. The molecule has 1 aliphatic heterocycles. The molecule has 0 atom stereocenters. The molecular weight excluding hydrogens is 258 g/mol. The average Bonchev–Trinajstić information content (AvgIpc) is 2.14. The Bertz CT molecular complexity index is 405. The van der Waals surface area contributed by atoms with Crippen molar-refractivity contribution in [3.63, 3.8) is 0 Å². The van der Waals surface area contributed by atoms with E-state index in [2.05, 4.69) is 25.8 Å². The van der Waals surface area contributed by atoms with Crippen LogP contribution in [0.25, 0.3) is 0 Å². The summed E-state index contributed by atoms with van der Waals surface area (Å²) < 4.78 is 31.6. The maximum absolute atomic E-state index is 11.6. The van der Waals surface area contributed by atoms with Crippen LogP contribution in [0.15, 0.2) is 11.1 Å². The van der Waals surface area contributed by atoms with Crippen molar-refractivity contribution < 1.29 is 22.3 Å². The first kappa shape index (κ1) is 17.2. The van der Waals surface area contributed by atoms with Gasteiger partial charge in [0.15, 0.2) is 5.78 Å². The van der Waals surface area contributed by atoms with E-state index in [0.29, 0.717) is 5.78 Å². The van der Waals surface area contributed by atoms with Gasteiger partial charge in [0.1, 0.15) is 0 Å². The number of likely N-dealkylation sites (N-methyl/N-ethyl adjacent to an activating group) is 1. The minimum atomic E-state index is -4.67. The zero-order valence-corrected chi connectivity index (χ0v) is 11.8. The second-order valence-electron chi connectivity index (χ2n) is 4.37. The van der Waals surface area contributed by atoms with Crippen molar-refractivity contribution in [2.24, 2.45) is 0 Å². The van der Waals surface area contributed by atoms with Crippen molar-refractivity contribution in [1.29, 1.82) is 0 Å². The van der Waals surface area contributed by atoms with Crippen molar-refractivity contribution in [2.75, 3.05) is 20.1 Å². The summed E-state index contributed by atoms with van der Waals surface area (Å²) >= 11 is 0. The van der Waals surface area contributed by atoms with Gasteiger partial charge in [-0.25, -0.2) is 0 Å². The molecule has 0 aromatic carbocycles. The SMILES string of the molecule is CCCC(=O)C1=C(C)CN(C)CC1.O=S(=O)(O)O. The highest BCUT2D eigenvalue weighted by molar-refractivity contribution is 7.79. The first-order valence-corrected chi connectivity index (χ1v) is 7.15. The van der Waals surface area contributed by atoms with E-state index < -0.39 is 10.4 Å². The highest BCUT2D eigenvalue weighted by Crippen LogP contribution is 2.18. The lowest BCUT2D eigenvalue weighted by Crippen LogP contribution is -2.29. The molecule has 1 rings (SSSR count). The molecule has 0 radical (unpaired) electrons. The Morgan fingerprint density at radius 2 is 1.89 bits per heavy atom. The summed E-state index contributed by atoms with van der Waals surface area (Å²) in [7, 11) is -2.56. The minimum Gasteiger partial charge on any atom is -0.302 e. The molecule has 6 nitrogen and oxygen atoms in total. The molecule has 1 heterocycles. The third kappa shape index (κ3) is 8.35. The van der Waals surface area contributed by atoms with E-state index in [-0.39, 0.29) is 0 Å². The number of hydrogen-bond acceptors (Lipinski definition) is 4. The van der Waals surface area contributed by atoms with E-state index in [1.54, 1.807) is 0 Å². The molecule has 1 aliphatic rings. The number of carbonyl (C=O) groups excluding carboxylic acids is 1. The minimum absolute atomic E-state index is 0.369. The van der Waals surface area contributed by atoms with Crippen molar-refractivity contribution in [1.82, 2.24) is 4.90 Å². The van der Waals surface area contributed by atoms with Gasteiger partial charge in [0.25, 0.3) is 0 Å². The first-order chi connectivity index (χ1) is 8.15. The fraction of sp³-hybridized carbons (Fsp3) is 0.727. The van der Waals surface area contributed by atoms with E-state index in [1.807, 2.05) is 0 Å². The van der Waals surface area contributed by atoms with Crippen LogP contribution in [-0.2, 0) is 15.2 Å². The Hall–Kier alpha value is -0.760. The molecule has 0 spiro atoms. The lowest BCUT2D eigenvalue weighted by atomic mass is 9.95. The molecule has 0 aliphatic carbocycles. The van der Waals surface area contributed by atoms with Crippen LogP contribution in [0.4, 0.5) is 0 Å². The third-order valence-corrected chi connectivity index (χ3v) is 2.58. The highest BCUT2D eigenvalue weighted by Gasteiger charge is 2.17. The molecule has 0 amide bonds. The predicted octanol–water partition coefficient (Wildman–Crippen LogP) is 1.35. The number of Topliss-reactive ketones (excluding diaryl/α,β-unsaturated/α-hetero) is 1. The first-order valence-electron chi connectivity index (χ1n) is 5.75. The van der Waals surface area contributed by atoms with Crippen LogP contribution >= 0.6 is 0 Å². The maximum Gasteiger partial charge on any atom is 0.394 e. The van der Waals surface area contributed by atoms with Crippen LogP contribution in [0.5, 0.6) is 0 Å². The van der Waals surface area contributed by atoms with Gasteiger partial charge in [-0.05, 0) is 32.4 Å². The summed E-state index contributed by atoms with van der Waals surface area (Å²) in [6, 6.07) is 0. The van der Waals surface area contributed by atoms with Crippen molar-refractivity contribution >= 4 is 16.2 Å². The van der Waals surface area contributed by atoms with Crippen LogP contribution in [0.3, 0.4) is 0 Å². The zero-order valence-electron chi connectivity index (χ0n) is 11.0. The van der Waals surface area contributed by atoms with E-state index >= 15 is 0 Å². The average molecular weight is 279 g/mol. The molecule has 0 bridgehead atoms. The van der Waals surface area contributed by atoms with E-state index in [0.717, 1.165) is 37.9 Å². The molecule has 0 fully saturated rings. The molecular formula is C11H21NO5S. The molecule has 0 saturated carbocycles. The van der Waals surface area contributed by atoms with Crippen LogP contribution < -0.4 is 0 Å². The summed E-state index contributed by atoms with van der Waals surface area (Å²) in [6.45, 7) is 6.13. The predicted molar refractivity (Wildman–Crippen MR) is 68.9 cm³/mol. The largest absolute Gasteiger partial charge is 0.394 e. The molecule has 2 N–H and O–H groups in total. The Labute approximate surface area is 108 Å².